The molecule has 2 heterocycles. The molecule has 0 saturated carbocycles. The highest BCUT2D eigenvalue weighted by atomic mass is 16.5. The topological polar surface area (TPSA) is 126 Å². The van der Waals surface area contributed by atoms with Gasteiger partial charge in [0.2, 0.25) is 11.8 Å². The Labute approximate surface area is 267 Å². The number of fused-ring (bicyclic) bond motifs is 6. The van der Waals surface area contributed by atoms with Gasteiger partial charge in [-0.25, -0.2) is 4.79 Å². The number of carbonyl (C=O) groups is 4. The first-order valence-electron chi connectivity index (χ1n) is 15.4. The maximum absolute atomic E-state index is 14.2. The number of rotatable bonds is 4. The van der Waals surface area contributed by atoms with Gasteiger partial charge in [0.15, 0.2) is 0 Å². The van der Waals surface area contributed by atoms with Crippen LogP contribution in [0.1, 0.15) is 28.8 Å². The monoisotopic (exact) mass is 620 g/mol. The van der Waals surface area contributed by atoms with Crippen LogP contribution in [0.4, 0.5) is 4.79 Å². The summed E-state index contributed by atoms with van der Waals surface area (Å²) >= 11 is 0. The van der Waals surface area contributed by atoms with E-state index in [2.05, 4.69) is 16.0 Å². The van der Waals surface area contributed by atoms with E-state index in [0.717, 1.165) is 27.5 Å². The summed E-state index contributed by atoms with van der Waals surface area (Å²) in [6.45, 7) is 0.538. The Morgan fingerprint density at radius 1 is 0.935 bits per heavy atom. The molecule has 0 aromatic heterocycles. The van der Waals surface area contributed by atoms with Crippen molar-refractivity contribution >= 4 is 34.6 Å². The first-order valence-corrected chi connectivity index (χ1v) is 15.4. The highest BCUT2D eigenvalue weighted by Crippen LogP contribution is 2.29. The summed E-state index contributed by atoms with van der Waals surface area (Å²) in [5, 5.41) is 10.7. The first-order chi connectivity index (χ1) is 22.4. The van der Waals surface area contributed by atoms with E-state index in [1.165, 1.54) is 7.11 Å². The van der Waals surface area contributed by atoms with Gasteiger partial charge < -0.3 is 30.3 Å². The third-order valence-electron chi connectivity index (χ3n) is 8.55. The Bertz CT molecular complexity index is 1770. The molecule has 10 heteroatoms. The zero-order valence-corrected chi connectivity index (χ0v) is 25.5. The number of alkyl carbamates (subject to hydrolysis) is 1. The second kappa shape index (κ2) is 13.7. The molecule has 4 aromatic rings. The summed E-state index contributed by atoms with van der Waals surface area (Å²) in [6, 6.07) is 26.8. The standard InChI is InChI=1S/C36H36N4O6/c1-45-36(44)38-26-20-27-22-46-28-12-7-11-24(18-28)30-14-4-5-15-31(30)34(42)37-17-16-32(35(43)40(27)21-26)39-33(41)19-25-10-6-9-23-8-2-3-13-29(23)25/h2-15,18,26-27,32H,16-17,19-22H2,1H3,(H,37,42)(H,38,44)(H,39,41)/t26-,27-,32+/m0/s1. The van der Waals surface area contributed by atoms with E-state index >= 15 is 0 Å². The van der Waals surface area contributed by atoms with Crippen LogP contribution in [0.3, 0.4) is 0 Å². The SMILES string of the molecule is COC(=O)N[C@H]1C[C@H]2COc3cccc(c3)-c3ccccc3C(=O)NCC[C@@H](NC(=O)Cc3cccc4ccccc34)C(=O)N2C1. The van der Waals surface area contributed by atoms with Crippen LogP contribution >= 0.6 is 0 Å². The van der Waals surface area contributed by atoms with E-state index in [1.807, 2.05) is 78.9 Å². The minimum Gasteiger partial charge on any atom is -0.491 e. The Balaban J connectivity index is 1.29. The zero-order chi connectivity index (χ0) is 32.0. The lowest BCUT2D eigenvalue weighted by atomic mass is 9.99. The molecule has 2 aliphatic heterocycles. The highest BCUT2D eigenvalue weighted by molar-refractivity contribution is 6.01. The molecule has 0 aliphatic carbocycles. The summed E-state index contributed by atoms with van der Waals surface area (Å²) in [4.78, 5) is 54.8. The molecule has 0 spiro atoms. The van der Waals surface area contributed by atoms with Crippen LogP contribution in [0.2, 0.25) is 0 Å². The van der Waals surface area contributed by atoms with Crippen molar-refractivity contribution in [1.82, 2.24) is 20.9 Å². The summed E-state index contributed by atoms with van der Waals surface area (Å²) in [7, 11) is 1.29. The van der Waals surface area contributed by atoms with Gasteiger partial charge in [0.05, 0.1) is 25.6 Å². The minimum absolute atomic E-state index is 0.0829. The van der Waals surface area contributed by atoms with E-state index in [0.29, 0.717) is 17.7 Å². The van der Waals surface area contributed by atoms with Crippen molar-refractivity contribution in [3.8, 4) is 16.9 Å². The Morgan fingerprint density at radius 2 is 1.70 bits per heavy atom. The lowest BCUT2D eigenvalue weighted by Crippen LogP contribution is -2.52. The molecular formula is C36H36N4O6. The van der Waals surface area contributed by atoms with Crippen LogP contribution in [0.25, 0.3) is 21.9 Å². The molecule has 3 atom stereocenters. The third-order valence-corrected chi connectivity index (χ3v) is 8.55. The molecule has 3 N–H and O–H groups in total. The van der Waals surface area contributed by atoms with Gasteiger partial charge in [0, 0.05) is 18.7 Å². The van der Waals surface area contributed by atoms with Crippen molar-refractivity contribution in [1.29, 1.82) is 0 Å². The molecule has 0 unspecified atom stereocenters. The molecule has 1 saturated heterocycles. The van der Waals surface area contributed by atoms with Crippen molar-refractivity contribution in [2.45, 2.75) is 37.4 Å². The van der Waals surface area contributed by atoms with Crippen LogP contribution < -0.4 is 20.7 Å². The van der Waals surface area contributed by atoms with E-state index in [9.17, 15) is 19.2 Å². The average Bonchev–Trinajstić information content (AvgIpc) is 3.48. The van der Waals surface area contributed by atoms with Gasteiger partial charge in [-0.15, -0.1) is 0 Å². The van der Waals surface area contributed by atoms with Gasteiger partial charge in [-0.05, 0) is 58.5 Å². The maximum atomic E-state index is 14.2. The molecule has 2 bridgehead atoms. The van der Waals surface area contributed by atoms with Gasteiger partial charge >= 0.3 is 6.09 Å². The van der Waals surface area contributed by atoms with Gasteiger partial charge in [-0.1, -0.05) is 72.8 Å². The smallest absolute Gasteiger partial charge is 0.407 e. The molecule has 1 fully saturated rings. The van der Waals surface area contributed by atoms with Crippen LogP contribution in [0.5, 0.6) is 5.75 Å². The van der Waals surface area contributed by atoms with Crippen LogP contribution in [-0.4, -0.2) is 73.6 Å². The number of carbonyl (C=O) groups excluding carboxylic acids is 4. The molecule has 236 valence electrons. The molecule has 10 nitrogen and oxygen atoms in total. The van der Waals surface area contributed by atoms with Gasteiger partial charge in [-0.2, -0.15) is 0 Å². The molecule has 4 amide bonds. The summed E-state index contributed by atoms with van der Waals surface area (Å²) in [5.74, 6) is -0.324. The predicted octanol–water partition coefficient (Wildman–Crippen LogP) is 4.07. The number of hydrogen-bond donors (Lipinski definition) is 3. The third kappa shape index (κ3) is 6.81. The van der Waals surface area contributed by atoms with E-state index < -0.39 is 12.1 Å². The van der Waals surface area contributed by atoms with Crippen molar-refractivity contribution in [2.24, 2.45) is 0 Å². The fourth-order valence-electron chi connectivity index (χ4n) is 6.30. The van der Waals surface area contributed by atoms with Gasteiger partial charge in [0.25, 0.3) is 5.91 Å². The normalized spacial score (nSPS) is 19.8. The Hall–Kier alpha value is -5.38. The van der Waals surface area contributed by atoms with Crippen LogP contribution in [-0.2, 0) is 20.7 Å². The second-order valence-corrected chi connectivity index (χ2v) is 11.6. The first kappa shape index (κ1) is 30.6. The van der Waals surface area contributed by atoms with E-state index in [1.54, 1.807) is 17.0 Å². The number of nitrogens with one attached hydrogen (secondary N) is 3. The number of benzene rings is 4. The quantitative estimate of drug-likeness (QED) is 0.316. The number of amides is 4. The average molecular weight is 621 g/mol. The highest BCUT2D eigenvalue weighted by Gasteiger charge is 2.39. The molecule has 0 radical (unpaired) electrons. The van der Waals surface area contributed by atoms with Crippen LogP contribution in [0.15, 0.2) is 91.0 Å². The summed E-state index contributed by atoms with van der Waals surface area (Å²) in [6.07, 6.45) is 0.104. The molecule has 2 aliphatic rings. The number of nitrogens with zero attached hydrogens (tertiary/aromatic N) is 1. The van der Waals surface area contributed by atoms with Gasteiger partial charge in [-0.3, -0.25) is 14.4 Å². The lowest BCUT2D eigenvalue weighted by molar-refractivity contribution is -0.137. The minimum atomic E-state index is -0.927. The Kier molecular flexibility index (Phi) is 9.14. The fourth-order valence-corrected chi connectivity index (χ4v) is 6.30. The van der Waals surface area contributed by atoms with Crippen molar-refractivity contribution in [2.75, 3.05) is 26.8 Å². The van der Waals surface area contributed by atoms with Gasteiger partial charge in [0.1, 0.15) is 18.4 Å². The zero-order valence-electron chi connectivity index (χ0n) is 25.5. The van der Waals surface area contributed by atoms with Crippen molar-refractivity contribution in [3.63, 3.8) is 0 Å². The van der Waals surface area contributed by atoms with Crippen molar-refractivity contribution in [3.05, 3.63) is 102 Å². The Morgan fingerprint density at radius 3 is 2.54 bits per heavy atom. The maximum Gasteiger partial charge on any atom is 0.407 e. The summed E-state index contributed by atoms with van der Waals surface area (Å²) in [5.41, 5.74) is 2.92. The van der Waals surface area contributed by atoms with E-state index in [-0.39, 0.29) is 62.3 Å². The molecule has 4 aromatic carbocycles. The molecule has 46 heavy (non-hydrogen) atoms. The van der Waals surface area contributed by atoms with E-state index in [4.69, 9.17) is 9.47 Å². The molecular weight excluding hydrogens is 584 g/mol. The molecule has 6 rings (SSSR count). The summed E-state index contributed by atoms with van der Waals surface area (Å²) < 4.78 is 11.0. The van der Waals surface area contributed by atoms with Crippen molar-refractivity contribution < 1.29 is 28.7 Å². The predicted molar refractivity (Wildman–Crippen MR) is 173 cm³/mol. The number of ether oxygens (including phenoxy) is 2. The largest absolute Gasteiger partial charge is 0.491 e. The second-order valence-electron chi connectivity index (χ2n) is 11.6. The number of hydrogen-bond acceptors (Lipinski definition) is 6. The van der Waals surface area contributed by atoms with Crippen LogP contribution in [0, 0.1) is 0 Å². The lowest BCUT2D eigenvalue weighted by Gasteiger charge is -2.29. The fraction of sp³-hybridized carbons (Fsp3) is 0.278. The number of methoxy groups -OCH3 is 1.